The summed E-state index contributed by atoms with van der Waals surface area (Å²) in [5.74, 6) is 0.983. The number of thiocarbonyl (C=S) groups is 1. The maximum Gasteiger partial charge on any atom is 0.107 e. The van der Waals surface area contributed by atoms with Crippen LogP contribution in [0.4, 0.5) is 11.4 Å². The lowest BCUT2D eigenvalue weighted by Gasteiger charge is -2.16. The van der Waals surface area contributed by atoms with Crippen molar-refractivity contribution in [2.45, 2.75) is 18.7 Å². The third kappa shape index (κ3) is 3.99. The Morgan fingerprint density at radius 1 is 1.29 bits per heavy atom. The minimum Gasteiger partial charge on any atom is -0.389 e. The number of halogens is 1. The SMILES string of the molecule is CCSc1cccc(Nc2ccc(Br)cc2C)c1C(N)=S. The van der Waals surface area contributed by atoms with Crippen molar-refractivity contribution in [1.82, 2.24) is 0 Å². The lowest BCUT2D eigenvalue weighted by atomic mass is 10.1. The van der Waals surface area contributed by atoms with E-state index in [-0.39, 0.29) is 0 Å². The minimum atomic E-state index is 0.420. The standard InChI is InChI=1S/C16H17BrN2S2/c1-3-21-14-6-4-5-13(15(14)16(18)20)19-12-8-7-11(17)9-10(12)2/h4-9,19H,3H2,1-2H3,(H2,18,20). The van der Waals surface area contributed by atoms with Crippen molar-refractivity contribution >= 4 is 56.3 Å². The number of hydrogen-bond donors (Lipinski definition) is 2. The molecule has 0 atom stereocenters. The van der Waals surface area contributed by atoms with Gasteiger partial charge in [0.2, 0.25) is 0 Å². The third-order valence-corrected chi connectivity index (χ3v) is 4.67. The second kappa shape index (κ2) is 7.29. The topological polar surface area (TPSA) is 38.0 Å². The summed E-state index contributed by atoms with van der Waals surface area (Å²) in [5.41, 5.74) is 10.0. The van der Waals surface area contributed by atoms with E-state index in [0.29, 0.717) is 4.99 Å². The van der Waals surface area contributed by atoms with Crippen molar-refractivity contribution in [3.05, 3.63) is 52.0 Å². The van der Waals surface area contributed by atoms with Crippen molar-refractivity contribution in [1.29, 1.82) is 0 Å². The highest BCUT2D eigenvalue weighted by Crippen LogP contribution is 2.31. The molecule has 0 unspecified atom stereocenters. The fraction of sp³-hybridized carbons (Fsp3) is 0.188. The minimum absolute atomic E-state index is 0.420. The molecule has 5 heteroatoms. The van der Waals surface area contributed by atoms with Crippen LogP contribution < -0.4 is 11.1 Å². The summed E-state index contributed by atoms with van der Waals surface area (Å²) in [6.07, 6.45) is 0. The Balaban J connectivity index is 2.43. The maximum absolute atomic E-state index is 5.93. The number of nitrogens with two attached hydrogens (primary N) is 1. The van der Waals surface area contributed by atoms with E-state index in [2.05, 4.69) is 47.2 Å². The van der Waals surface area contributed by atoms with Gasteiger partial charge in [-0.2, -0.15) is 0 Å². The summed E-state index contributed by atoms with van der Waals surface area (Å²) < 4.78 is 1.07. The van der Waals surface area contributed by atoms with E-state index in [9.17, 15) is 0 Å². The van der Waals surface area contributed by atoms with Gasteiger partial charge >= 0.3 is 0 Å². The Hall–Kier alpha value is -1.04. The summed E-state index contributed by atoms with van der Waals surface area (Å²) in [4.78, 5) is 1.54. The molecule has 0 aromatic heterocycles. The Bertz CT molecular complexity index is 671. The maximum atomic E-state index is 5.93. The normalized spacial score (nSPS) is 10.4. The fourth-order valence-corrected chi connectivity index (χ4v) is 3.69. The summed E-state index contributed by atoms with van der Waals surface area (Å²) >= 11 is 10.5. The van der Waals surface area contributed by atoms with Crippen LogP contribution in [-0.4, -0.2) is 10.7 Å². The van der Waals surface area contributed by atoms with Gasteiger partial charge in [-0.05, 0) is 48.6 Å². The molecule has 0 fully saturated rings. The second-order valence-corrected chi connectivity index (χ2v) is 7.22. The molecule has 0 radical (unpaired) electrons. The quantitative estimate of drug-likeness (QED) is 0.548. The summed E-state index contributed by atoms with van der Waals surface area (Å²) in [6.45, 7) is 4.19. The van der Waals surface area contributed by atoms with Crippen LogP contribution >= 0.6 is 39.9 Å². The zero-order valence-corrected chi connectivity index (χ0v) is 15.2. The fourth-order valence-electron chi connectivity index (χ4n) is 2.08. The van der Waals surface area contributed by atoms with E-state index in [0.717, 1.165) is 37.6 Å². The van der Waals surface area contributed by atoms with Crippen LogP contribution in [0.3, 0.4) is 0 Å². The first-order valence-electron chi connectivity index (χ1n) is 6.61. The lowest BCUT2D eigenvalue weighted by Crippen LogP contribution is -2.13. The highest BCUT2D eigenvalue weighted by atomic mass is 79.9. The van der Waals surface area contributed by atoms with Crippen LogP contribution in [0.25, 0.3) is 0 Å². The average Bonchev–Trinajstić information content (AvgIpc) is 2.42. The van der Waals surface area contributed by atoms with Crippen molar-refractivity contribution in [3.63, 3.8) is 0 Å². The van der Waals surface area contributed by atoms with Crippen molar-refractivity contribution in [2.24, 2.45) is 5.73 Å². The molecule has 2 aromatic rings. The Labute approximate surface area is 143 Å². The number of hydrogen-bond acceptors (Lipinski definition) is 3. The van der Waals surface area contributed by atoms with Crippen LogP contribution in [0.5, 0.6) is 0 Å². The zero-order chi connectivity index (χ0) is 15.4. The molecule has 0 heterocycles. The largest absolute Gasteiger partial charge is 0.389 e. The number of benzene rings is 2. The van der Waals surface area contributed by atoms with E-state index in [1.807, 2.05) is 24.3 Å². The zero-order valence-electron chi connectivity index (χ0n) is 11.9. The molecule has 0 amide bonds. The molecule has 0 aliphatic carbocycles. The van der Waals surface area contributed by atoms with E-state index in [4.69, 9.17) is 18.0 Å². The number of rotatable bonds is 5. The van der Waals surface area contributed by atoms with Crippen LogP contribution in [0.2, 0.25) is 0 Å². The van der Waals surface area contributed by atoms with Gasteiger partial charge in [0, 0.05) is 26.3 Å². The highest BCUT2D eigenvalue weighted by Gasteiger charge is 2.12. The van der Waals surface area contributed by atoms with E-state index in [1.54, 1.807) is 11.8 Å². The van der Waals surface area contributed by atoms with Crippen molar-refractivity contribution in [2.75, 3.05) is 11.1 Å². The van der Waals surface area contributed by atoms with Crippen molar-refractivity contribution in [3.8, 4) is 0 Å². The molecule has 110 valence electrons. The predicted molar refractivity (Wildman–Crippen MR) is 101 cm³/mol. The summed E-state index contributed by atoms with van der Waals surface area (Å²) in [7, 11) is 0. The van der Waals surface area contributed by atoms with Crippen LogP contribution in [0.15, 0.2) is 45.8 Å². The smallest absolute Gasteiger partial charge is 0.107 e. The van der Waals surface area contributed by atoms with Crippen LogP contribution in [0.1, 0.15) is 18.1 Å². The Morgan fingerprint density at radius 3 is 2.67 bits per heavy atom. The number of anilines is 2. The number of thioether (sulfide) groups is 1. The molecule has 0 spiro atoms. The first kappa shape index (κ1) is 16.3. The van der Waals surface area contributed by atoms with Gasteiger partial charge in [0.1, 0.15) is 4.99 Å². The predicted octanol–water partition coefficient (Wildman–Crippen LogP) is 5.25. The molecule has 2 nitrogen and oxygen atoms in total. The van der Waals surface area contributed by atoms with Gasteiger partial charge in [0.05, 0.1) is 0 Å². The number of nitrogens with one attached hydrogen (secondary N) is 1. The first-order valence-corrected chi connectivity index (χ1v) is 8.80. The molecule has 0 saturated carbocycles. The monoisotopic (exact) mass is 380 g/mol. The van der Waals surface area contributed by atoms with Gasteiger partial charge in [0.25, 0.3) is 0 Å². The van der Waals surface area contributed by atoms with Gasteiger partial charge in [-0.25, -0.2) is 0 Å². The van der Waals surface area contributed by atoms with Gasteiger partial charge in [-0.15, -0.1) is 11.8 Å². The molecule has 21 heavy (non-hydrogen) atoms. The molecule has 0 bridgehead atoms. The van der Waals surface area contributed by atoms with E-state index in [1.165, 1.54) is 0 Å². The highest BCUT2D eigenvalue weighted by molar-refractivity contribution is 9.10. The first-order chi connectivity index (χ1) is 10.0. The van der Waals surface area contributed by atoms with Crippen LogP contribution in [0, 0.1) is 6.92 Å². The van der Waals surface area contributed by atoms with Gasteiger partial charge in [-0.3, -0.25) is 0 Å². The van der Waals surface area contributed by atoms with E-state index < -0.39 is 0 Å². The molecule has 3 N–H and O–H groups in total. The summed E-state index contributed by atoms with van der Waals surface area (Å²) in [5, 5.41) is 3.45. The molecule has 0 aliphatic heterocycles. The van der Waals surface area contributed by atoms with Crippen molar-refractivity contribution < 1.29 is 0 Å². The number of aryl methyl sites for hydroxylation is 1. The van der Waals surface area contributed by atoms with Gasteiger partial charge in [0.15, 0.2) is 0 Å². The molecular weight excluding hydrogens is 364 g/mol. The molecule has 2 rings (SSSR count). The molecular formula is C16H17BrN2S2. The van der Waals surface area contributed by atoms with Gasteiger partial charge < -0.3 is 11.1 Å². The Kier molecular flexibility index (Phi) is 5.67. The van der Waals surface area contributed by atoms with Gasteiger partial charge in [-0.1, -0.05) is 41.1 Å². The van der Waals surface area contributed by atoms with Crippen LogP contribution in [-0.2, 0) is 0 Å². The second-order valence-electron chi connectivity index (χ2n) is 4.56. The summed E-state index contributed by atoms with van der Waals surface area (Å²) in [6, 6.07) is 12.2. The molecule has 2 aromatic carbocycles. The molecule has 0 saturated heterocycles. The third-order valence-electron chi connectivity index (χ3n) is 3.03. The lowest BCUT2D eigenvalue weighted by molar-refractivity contribution is 1.36. The molecule has 0 aliphatic rings. The van der Waals surface area contributed by atoms with E-state index >= 15 is 0 Å². The average molecular weight is 381 g/mol. The Morgan fingerprint density at radius 2 is 2.05 bits per heavy atom.